The van der Waals surface area contributed by atoms with E-state index in [1.807, 2.05) is 0 Å². The Morgan fingerprint density at radius 3 is 2.29 bits per heavy atom. The van der Waals surface area contributed by atoms with E-state index in [1.165, 1.54) is 30.6 Å². The average Bonchev–Trinajstić information content (AvgIpc) is 3.05. The molecule has 0 spiro atoms. The van der Waals surface area contributed by atoms with Crippen LogP contribution in [0.3, 0.4) is 0 Å². The van der Waals surface area contributed by atoms with Gasteiger partial charge >= 0.3 is 0 Å². The number of rotatable bonds is 6. The molecule has 1 heterocycles. The first-order chi connectivity index (χ1) is 11.5. The second kappa shape index (κ2) is 6.11. The van der Waals surface area contributed by atoms with Crippen molar-refractivity contribution in [3.8, 4) is 0 Å². The molecule has 1 amide bonds. The largest absolute Gasteiger partial charge is 0.354 e. The fourth-order valence-electron chi connectivity index (χ4n) is 5.43. The summed E-state index contributed by atoms with van der Waals surface area (Å²) in [6.07, 6.45) is 7.04. The van der Waals surface area contributed by atoms with Crippen LogP contribution < -0.4 is 10.0 Å². The third kappa shape index (κ3) is 3.02. The van der Waals surface area contributed by atoms with Crippen molar-refractivity contribution in [1.82, 2.24) is 10.0 Å². The number of carbonyl (C=O) groups is 1. The van der Waals surface area contributed by atoms with E-state index in [0.29, 0.717) is 10.8 Å². The maximum atomic E-state index is 12.8. The molecule has 0 saturated heterocycles. The first-order valence-corrected chi connectivity index (χ1v) is 11.1. The summed E-state index contributed by atoms with van der Waals surface area (Å²) < 4.78 is 27.0. The van der Waals surface area contributed by atoms with Crippen LogP contribution in [0.5, 0.6) is 0 Å². The zero-order valence-corrected chi connectivity index (χ0v) is 15.3. The van der Waals surface area contributed by atoms with Crippen molar-refractivity contribution >= 4 is 27.3 Å². The molecule has 5 nitrogen and oxygen atoms in total. The van der Waals surface area contributed by atoms with Gasteiger partial charge in [-0.15, -0.1) is 11.3 Å². The van der Waals surface area contributed by atoms with E-state index in [4.69, 9.17) is 0 Å². The molecular weight excluding hydrogens is 344 g/mol. The summed E-state index contributed by atoms with van der Waals surface area (Å²) in [5.74, 6) is 2.36. The Bertz CT molecular complexity index is 677. The lowest BCUT2D eigenvalue weighted by atomic mass is 9.49. The predicted molar refractivity (Wildman–Crippen MR) is 93.1 cm³/mol. The molecule has 4 bridgehead atoms. The standard InChI is InChI=1S/C17H24N2O3S2/c20-16(17-9-12-6-13(10-17)8-14(7-12)11-17)18-3-4-19-24(21,22)15-2-1-5-23-15/h1-2,5,12-14,19H,3-4,6-11H2,(H,18,20). The Morgan fingerprint density at radius 1 is 1.12 bits per heavy atom. The lowest BCUT2D eigenvalue weighted by Crippen LogP contribution is -2.54. The van der Waals surface area contributed by atoms with E-state index in [1.54, 1.807) is 17.5 Å². The first-order valence-electron chi connectivity index (χ1n) is 8.78. The molecule has 0 unspecified atom stereocenters. The molecule has 132 valence electrons. The zero-order chi connectivity index (χ0) is 16.8. The quantitative estimate of drug-likeness (QED) is 0.757. The number of hydrogen-bond donors (Lipinski definition) is 2. The molecule has 0 aliphatic heterocycles. The van der Waals surface area contributed by atoms with Gasteiger partial charge in [0, 0.05) is 18.5 Å². The third-order valence-electron chi connectivity index (χ3n) is 5.98. The van der Waals surface area contributed by atoms with Gasteiger partial charge < -0.3 is 5.32 Å². The topological polar surface area (TPSA) is 75.3 Å². The highest BCUT2D eigenvalue weighted by Crippen LogP contribution is 2.60. The highest BCUT2D eigenvalue weighted by atomic mass is 32.2. The number of nitrogens with one attached hydrogen (secondary N) is 2. The van der Waals surface area contributed by atoms with Crippen LogP contribution in [0, 0.1) is 23.2 Å². The summed E-state index contributed by atoms with van der Waals surface area (Å²) in [5.41, 5.74) is -0.165. The van der Waals surface area contributed by atoms with Crippen molar-refractivity contribution in [2.24, 2.45) is 23.2 Å². The highest BCUT2D eigenvalue weighted by molar-refractivity contribution is 7.91. The van der Waals surface area contributed by atoms with Crippen LogP contribution in [0.1, 0.15) is 38.5 Å². The molecule has 4 saturated carbocycles. The van der Waals surface area contributed by atoms with Gasteiger partial charge in [-0.25, -0.2) is 13.1 Å². The minimum Gasteiger partial charge on any atom is -0.354 e. The van der Waals surface area contributed by atoms with Gasteiger partial charge in [0.25, 0.3) is 0 Å². The summed E-state index contributed by atoms with van der Waals surface area (Å²) in [4.78, 5) is 12.8. The molecule has 24 heavy (non-hydrogen) atoms. The van der Waals surface area contributed by atoms with Gasteiger partial charge in [0.1, 0.15) is 4.21 Å². The number of hydrogen-bond acceptors (Lipinski definition) is 4. The maximum absolute atomic E-state index is 12.8. The Hall–Kier alpha value is -0.920. The van der Waals surface area contributed by atoms with Gasteiger partial charge in [-0.2, -0.15) is 0 Å². The molecule has 4 aliphatic rings. The Labute approximate surface area is 147 Å². The van der Waals surface area contributed by atoms with Crippen LogP contribution in [-0.2, 0) is 14.8 Å². The normalized spacial score (nSPS) is 34.4. The maximum Gasteiger partial charge on any atom is 0.250 e. The van der Waals surface area contributed by atoms with E-state index < -0.39 is 10.0 Å². The van der Waals surface area contributed by atoms with E-state index >= 15 is 0 Å². The van der Waals surface area contributed by atoms with E-state index in [-0.39, 0.29) is 17.9 Å². The monoisotopic (exact) mass is 368 g/mol. The summed E-state index contributed by atoms with van der Waals surface area (Å²) in [5, 5.41) is 4.73. The molecule has 0 radical (unpaired) electrons. The van der Waals surface area contributed by atoms with Crippen LogP contribution in [0.15, 0.2) is 21.7 Å². The summed E-state index contributed by atoms with van der Waals surface area (Å²) in [7, 11) is -3.44. The van der Waals surface area contributed by atoms with Crippen LogP contribution in [0.4, 0.5) is 0 Å². The van der Waals surface area contributed by atoms with Gasteiger partial charge in [0.2, 0.25) is 15.9 Å². The summed E-state index contributed by atoms with van der Waals surface area (Å²) >= 11 is 1.19. The molecule has 4 fully saturated rings. The zero-order valence-electron chi connectivity index (χ0n) is 13.7. The Balaban J connectivity index is 1.30. The second-order valence-corrected chi connectivity index (χ2v) is 10.7. The predicted octanol–water partition coefficient (Wildman–Crippen LogP) is 2.36. The van der Waals surface area contributed by atoms with Crippen molar-refractivity contribution < 1.29 is 13.2 Å². The fourth-order valence-corrected chi connectivity index (χ4v) is 7.49. The van der Waals surface area contributed by atoms with Crippen molar-refractivity contribution in [1.29, 1.82) is 0 Å². The molecule has 7 heteroatoms. The van der Waals surface area contributed by atoms with Crippen molar-refractivity contribution in [3.63, 3.8) is 0 Å². The van der Waals surface area contributed by atoms with E-state index in [0.717, 1.165) is 37.0 Å². The molecule has 4 aliphatic carbocycles. The molecule has 0 aromatic carbocycles. The third-order valence-corrected chi connectivity index (χ3v) is 8.84. The average molecular weight is 369 g/mol. The number of sulfonamides is 1. The van der Waals surface area contributed by atoms with Crippen LogP contribution in [0.25, 0.3) is 0 Å². The molecule has 1 aromatic heterocycles. The molecular formula is C17H24N2O3S2. The summed E-state index contributed by atoms with van der Waals surface area (Å²) in [6, 6.07) is 3.30. The van der Waals surface area contributed by atoms with Crippen molar-refractivity contribution in [3.05, 3.63) is 17.5 Å². The minimum atomic E-state index is -3.44. The summed E-state index contributed by atoms with van der Waals surface area (Å²) in [6.45, 7) is 0.587. The Kier molecular flexibility index (Phi) is 4.21. The van der Waals surface area contributed by atoms with E-state index in [2.05, 4.69) is 10.0 Å². The number of thiophene rings is 1. The molecule has 1 aromatic rings. The van der Waals surface area contributed by atoms with Crippen LogP contribution >= 0.6 is 11.3 Å². The molecule has 0 atom stereocenters. The van der Waals surface area contributed by atoms with Gasteiger partial charge in [0.15, 0.2) is 0 Å². The van der Waals surface area contributed by atoms with Crippen LogP contribution in [0.2, 0.25) is 0 Å². The smallest absolute Gasteiger partial charge is 0.250 e. The second-order valence-electron chi connectivity index (χ2n) is 7.78. The van der Waals surface area contributed by atoms with Crippen molar-refractivity contribution in [2.75, 3.05) is 13.1 Å². The van der Waals surface area contributed by atoms with Crippen LogP contribution in [-0.4, -0.2) is 27.4 Å². The molecule has 2 N–H and O–H groups in total. The van der Waals surface area contributed by atoms with Gasteiger partial charge in [-0.3, -0.25) is 4.79 Å². The SMILES string of the molecule is O=C(NCCNS(=O)(=O)c1cccs1)C12CC3CC(CC(C3)C1)C2. The lowest BCUT2D eigenvalue weighted by Gasteiger charge is -2.55. The van der Waals surface area contributed by atoms with Gasteiger partial charge in [-0.1, -0.05) is 6.07 Å². The number of amides is 1. The van der Waals surface area contributed by atoms with E-state index in [9.17, 15) is 13.2 Å². The van der Waals surface area contributed by atoms with Gasteiger partial charge in [0.05, 0.1) is 0 Å². The Morgan fingerprint density at radius 2 is 1.75 bits per heavy atom. The minimum absolute atomic E-state index is 0.150. The van der Waals surface area contributed by atoms with Gasteiger partial charge in [-0.05, 0) is 67.7 Å². The first kappa shape index (κ1) is 16.5. The number of carbonyl (C=O) groups excluding carboxylic acids is 1. The highest BCUT2D eigenvalue weighted by Gasteiger charge is 2.54. The lowest BCUT2D eigenvalue weighted by molar-refractivity contribution is -0.146. The van der Waals surface area contributed by atoms with Crippen molar-refractivity contribution in [2.45, 2.75) is 42.7 Å². The fraction of sp³-hybridized carbons (Fsp3) is 0.706. The molecule has 5 rings (SSSR count).